The Morgan fingerprint density at radius 3 is 2.65 bits per heavy atom. The van der Waals surface area contributed by atoms with Crippen molar-refractivity contribution in [2.75, 3.05) is 0 Å². The molecule has 0 spiro atoms. The number of fused-ring (bicyclic) bond motifs is 1. The second-order valence-electron chi connectivity index (χ2n) is 8.20. The number of alkyl carbamates (subject to hydrolysis) is 1. The highest BCUT2D eigenvalue weighted by Crippen LogP contribution is 2.28. The highest BCUT2D eigenvalue weighted by Gasteiger charge is 2.17. The number of hydrogen-bond acceptors (Lipinski definition) is 5. The van der Waals surface area contributed by atoms with Gasteiger partial charge < -0.3 is 10.1 Å². The quantitative estimate of drug-likeness (QED) is 0.538. The maximum atomic E-state index is 14.8. The van der Waals surface area contributed by atoms with Gasteiger partial charge in [0.15, 0.2) is 0 Å². The van der Waals surface area contributed by atoms with Gasteiger partial charge in [0.05, 0.1) is 35.5 Å². The number of ether oxygens (including phenoxy) is 1. The fourth-order valence-corrected chi connectivity index (χ4v) is 3.15. The smallest absolute Gasteiger partial charge is 0.407 e. The Kier molecular flexibility index (Phi) is 5.18. The molecule has 160 valence electrons. The topological polar surface area (TPSA) is 86.3 Å². The molecule has 0 bridgehead atoms. The number of aromatic nitrogens is 5. The molecule has 0 fully saturated rings. The van der Waals surface area contributed by atoms with E-state index in [9.17, 15) is 9.18 Å². The highest BCUT2D eigenvalue weighted by molar-refractivity contribution is 5.79. The summed E-state index contributed by atoms with van der Waals surface area (Å²) in [5, 5.41) is 11.1. The second kappa shape index (κ2) is 7.82. The highest BCUT2D eigenvalue weighted by atomic mass is 19.1. The van der Waals surface area contributed by atoms with Crippen molar-refractivity contribution in [1.82, 2.24) is 29.7 Å². The number of carbonyl (C=O) groups is 1. The van der Waals surface area contributed by atoms with Gasteiger partial charge in [-0.25, -0.2) is 18.7 Å². The third kappa shape index (κ3) is 4.55. The minimum atomic E-state index is -0.617. The Hall–Kier alpha value is -3.75. The molecule has 1 N–H and O–H groups in total. The fraction of sp³-hybridized carbons (Fsp3) is 0.273. The molecular weight excluding hydrogens is 399 g/mol. The third-order valence-electron chi connectivity index (χ3n) is 4.54. The summed E-state index contributed by atoms with van der Waals surface area (Å²) in [7, 11) is 1.83. The van der Waals surface area contributed by atoms with Crippen LogP contribution in [-0.2, 0) is 18.3 Å². The molecule has 0 aliphatic rings. The fourth-order valence-electron chi connectivity index (χ4n) is 3.15. The number of benzene rings is 1. The van der Waals surface area contributed by atoms with Gasteiger partial charge >= 0.3 is 6.09 Å². The first-order valence-electron chi connectivity index (χ1n) is 9.79. The molecule has 3 heterocycles. The Morgan fingerprint density at radius 2 is 1.97 bits per heavy atom. The van der Waals surface area contributed by atoms with Crippen molar-refractivity contribution in [1.29, 1.82) is 0 Å². The first kappa shape index (κ1) is 20.5. The van der Waals surface area contributed by atoms with E-state index < -0.39 is 17.5 Å². The number of nitrogens with zero attached hydrogens (tertiary/aromatic N) is 5. The molecule has 0 saturated carbocycles. The summed E-state index contributed by atoms with van der Waals surface area (Å²) in [6.07, 6.45) is 6.46. The largest absolute Gasteiger partial charge is 0.444 e. The van der Waals surface area contributed by atoms with Crippen molar-refractivity contribution >= 4 is 11.6 Å². The number of carbonyl (C=O) groups excluding carboxylic acids is 1. The Labute approximate surface area is 178 Å². The summed E-state index contributed by atoms with van der Waals surface area (Å²) < 4.78 is 23.4. The molecule has 0 saturated heterocycles. The van der Waals surface area contributed by atoms with Crippen LogP contribution in [0, 0.1) is 5.82 Å². The SMILES string of the molecule is Cn1cc(-c2cn3nccc3c(-c3ccc(CNC(=O)OC(C)(C)C)c(F)c3)n2)cn1. The van der Waals surface area contributed by atoms with Gasteiger partial charge in [-0.1, -0.05) is 12.1 Å². The van der Waals surface area contributed by atoms with Gasteiger partial charge in [0.2, 0.25) is 0 Å². The van der Waals surface area contributed by atoms with E-state index in [4.69, 9.17) is 9.72 Å². The van der Waals surface area contributed by atoms with Gasteiger partial charge in [-0.15, -0.1) is 0 Å². The zero-order valence-electron chi connectivity index (χ0n) is 17.8. The number of aryl methyl sites for hydroxylation is 1. The van der Waals surface area contributed by atoms with Crippen molar-refractivity contribution < 1.29 is 13.9 Å². The van der Waals surface area contributed by atoms with E-state index in [1.807, 2.05) is 25.5 Å². The van der Waals surface area contributed by atoms with Gasteiger partial charge in [-0.3, -0.25) is 4.68 Å². The maximum absolute atomic E-state index is 14.8. The van der Waals surface area contributed by atoms with Gasteiger partial charge in [-0.05, 0) is 32.9 Å². The van der Waals surface area contributed by atoms with E-state index in [-0.39, 0.29) is 6.54 Å². The average Bonchev–Trinajstić information content (AvgIpc) is 3.33. The number of nitrogens with one attached hydrogen (secondary N) is 1. The van der Waals surface area contributed by atoms with Crippen LogP contribution in [0.2, 0.25) is 0 Å². The summed E-state index contributed by atoms with van der Waals surface area (Å²) in [5.41, 5.74) is 3.21. The Morgan fingerprint density at radius 1 is 1.16 bits per heavy atom. The first-order valence-corrected chi connectivity index (χ1v) is 9.79. The molecule has 1 aromatic carbocycles. The summed E-state index contributed by atoms with van der Waals surface area (Å²) in [4.78, 5) is 16.6. The minimum absolute atomic E-state index is 0.0201. The lowest BCUT2D eigenvalue weighted by Crippen LogP contribution is -2.32. The predicted octanol–water partition coefficient (Wildman–Crippen LogP) is 3.96. The Balaban J connectivity index is 1.63. The first-order chi connectivity index (χ1) is 14.7. The zero-order valence-corrected chi connectivity index (χ0v) is 17.8. The van der Waals surface area contributed by atoms with Gasteiger partial charge in [0.1, 0.15) is 11.4 Å². The van der Waals surface area contributed by atoms with Crippen molar-refractivity contribution in [3.63, 3.8) is 0 Å². The van der Waals surface area contributed by atoms with Gasteiger partial charge in [0, 0.05) is 36.5 Å². The van der Waals surface area contributed by atoms with E-state index >= 15 is 0 Å². The monoisotopic (exact) mass is 422 g/mol. The molecule has 9 heteroatoms. The van der Waals surface area contributed by atoms with E-state index in [0.29, 0.717) is 22.5 Å². The molecule has 0 unspecified atom stereocenters. The van der Waals surface area contributed by atoms with Crippen molar-refractivity contribution in [3.8, 4) is 22.5 Å². The Bertz CT molecular complexity index is 1250. The lowest BCUT2D eigenvalue weighted by Gasteiger charge is -2.19. The minimum Gasteiger partial charge on any atom is -0.444 e. The van der Waals surface area contributed by atoms with Crippen molar-refractivity contribution in [2.24, 2.45) is 7.05 Å². The van der Waals surface area contributed by atoms with Crippen LogP contribution in [-0.4, -0.2) is 36.1 Å². The number of amides is 1. The normalized spacial score (nSPS) is 11.6. The maximum Gasteiger partial charge on any atom is 0.407 e. The van der Waals surface area contributed by atoms with Crippen LogP contribution in [0.1, 0.15) is 26.3 Å². The molecule has 4 aromatic rings. The van der Waals surface area contributed by atoms with Crippen LogP contribution in [0.4, 0.5) is 9.18 Å². The molecule has 0 aliphatic heterocycles. The standard InChI is InChI=1S/C22H23FN6O2/c1-22(2,3)31-21(30)24-10-15-6-5-14(9-17(15)23)20-19-7-8-25-29(19)13-18(27-20)16-11-26-28(4)12-16/h5-9,11-13H,10H2,1-4H3,(H,24,30). The number of rotatable bonds is 4. The van der Waals surface area contributed by atoms with Crippen LogP contribution in [0.15, 0.2) is 49.1 Å². The van der Waals surface area contributed by atoms with E-state index in [1.54, 1.807) is 54.5 Å². The van der Waals surface area contributed by atoms with E-state index in [1.165, 1.54) is 6.07 Å². The molecular formula is C22H23FN6O2. The second-order valence-corrected chi connectivity index (χ2v) is 8.20. The lowest BCUT2D eigenvalue weighted by atomic mass is 10.1. The molecule has 3 aromatic heterocycles. The number of hydrogen-bond donors (Lipinski definition) is 1. The van der Waals surface area contributed by atoms with Crippen LogP contribution in [0.5, 0.6) is 0 Å². The van der Waals surface area contributed by atoms with E-state index in [2.05, 4.69) is 15.5 Å². The molecule has 1 amide bonds. The summed E-state index contributed by atoms with van der Waals surface area (Å²) in [6.45, 7) is 5.33. The molecule has 4 rings (SSSR count). The predicted molar refractivity (Wildman–Crippen MR) is 114 cm³/mol. The summed E-state index contributed by atoms with van der Waals surface area (Å²) >= 11 is 0. The number of halogens is 1. The van der Waals surface area contributed by atoms with Gasteiger partial charge in [0.25, 0.3) is 0 Å². The third-order valence-corrected chi connectivity index (χ3v) is 4.54. The van der Waals surface area contributed by atoms with Gasteiger partial charge in [-0.2, -0.15) is 10.2 Å². The van der Waals surface area contributed by atoms with Crippen molar-refractivity contribution in [3.05, 3.63) is 60.4 Å². The molecule has 0 radical (unpaired) electrons. The summed E-state index contributed by atoms with van der Waals surface area (Å²) in [5.74, 6) is -0.445. The van der Waals surface area contributed by atoms with Crippen LogP contribution >= 0.6 is 0 Å². The molecule has 31 heavy (non-hydrogen) atoms. The van der Waals surface area contributed by atoms with E-state index in [0.717, 1.165) is 11.1 Å². The zero-order chi connectivity index (χ0) is 22.2. The average molecular weight is 422 g/mol. The lowest BCUT2D eigenvalue weighted by molar-refractivity contribution is 0.0523. The van der Waals surface area contributed by atoms with Crippen LogP contribution < -0.4 is 5.32 Å². The molecule has 0 aliphatic carbocycles. The molecule has 0 atom stereocenters. The van der Waals surface area contributed by atoms with Crippen molar-refractivity contribution in [2.45, 2.75) is 32.9 Å². The van der Waals surface area contributed by atoms with Crippen LogP contribution in [0.3, 0.4) is 0 Å². The summed E-state index contributed by atoms with van der Waals surface area (Å²) in [6, 6.07) is 6.64. The van der Waals surface area contributed by atoms with Crippen LogP contribution in [0.25, 0.3) is 28.0 Å². The molecule has 8 nitrogen and oxygen atoms in total.